The summed E-state index contributed by atoms with van der Waals surface area (Å²) in [6.07, 6.45) is 9.99. The molecule has 6 nitrogen and oxygen atoms in total. The van der Waals surface area contributed by atoms with Crippen LogP contribution in [0.15, 0.2) is 49.1 Å². The molecular weight excluding hydrogens is 434 g/mol. The third-order valence-electron chi connectivity index (χ3n) is 7.94. The first-order chi connectivity index (χ1) is 16.4. The highest BCUT2D eigenvalue weighted by Gasteiger charge is 2.65. The molecule has 0 N–H and O–H groups in total. The SMILES string of the molecule is CCc1cnn(-c2cncc([C@@]34CC[C@@H](c5cc(-c6c(F)cccc6F)nnc53)C4(C)C)n2)c1. The minimum absolute atomic E-state index is 0.139. The summed E-state index contributed by atoms with van der Waals surface area (Å²) in [7, 11) is 0. The fraction of sp³-hybridized carbons (Fsp3) is 0.346. The molecule has 172 valence electrons. The molecule has 0 spiro atoms. The van der Waals surface area contributed by atoms with E-state index < -0.39 is 17.0 Å². The van der Waals surface area contributed by atoms with Gasteiger partial charge in [-0.25, -0.2) is 18.4 Å². The van der Waals surface area contributed by atoms with Gasteiger partial charge in [0, 0.05) is 12.4 Å². The van der Waals surface area contributed by atoms with E-state index in [-0.39, 0.29) is 22.6 Å². The Labute approximate surface area is 196 Å². The molecule has 3 aromatic heterocycles. The number of fused-ring (bicyclic) bond motifs is 5. The van der Waals surface area contributed by atoms with Crippen molar-refractivity contribution >= 4 is 0 Å². The predicted molar refractivity (Wildman–Crippen MR) is 122 cm³/mol. The number of benzene rings is 1. The first kappa shape index (κ1) is 21.0. The average Bonchev–Trinajstić information content (AvgIpc) is 3.47. The molecule has 1 fully saturated rings. The number of nitrogens with zero attached hydrogens (tertiary/aromatic N) is 6. The lowest BCUT2D eigenvalue weighted by molar-refractivity contribution is 0.242. The first-order valence-electron chi connectivity index (χ1n) is 11.6. The Hall–Kier alpha value is -3.55. The van der Waals surface area contributed by atoms with Crippen LogP contribution in [0.3, 0.4) is 0 Å². The molecule has 2 bridgehead atoms. The minimum atomic E-state index is -0.643. The maximum Gasteiger partial charge on any atom is 0.172 e. The molecule has 6 rings (SSSR count). The van der Waals surface area contributed by atoms with Gasteiger partial charge in [-0.15, -0.1) is 5.10 Å². The molecule has 0 amide bonds. The van der Waals surface area contributed by atoms with Crippen molar-refractivity contribution in [2.75, 3.05) is 0 Å². The number of hydrogen-bond acceptors (Lipinski definition) is 5. The summed E-state index contributed by atoms with van der Waals surface area (Å²) in [5.41, 5.74) is 3.13. The molecule has 34 heavy (non-hydrogen) atoms. The van der Waals surface area contributed by atoms with E-state index in [0.717, 1.165) is 41.8 Å². The van der Waals surface area contributed by atoms with E-state index in [1.807, 2.05) is 18.5 Å². The van der Waals surface area contributed by atoms with E-state index in [1.54, 1.807) is 17.1 Å². The molecule has 2 aliphatic rings. The van der Waals surface area contributed by atoms with Crippen LogP contribution < -0.4 is 0 Å². The van der Waals surface area contributed by atoms with Crippen LogP contribution in [0.5, 0.6) is 0 Å². The Bertz CT molecular complexity index is 1410. The van der Waals surface area contributed by atoms with Crippen molar-refractivity contribution in [3.05, 3.63) is 83.2 Å². The summed E-state index contributed by atoms with van der Waals surface area (Å²) in [6, 6.07) is 5.65. The van der Waals surface area contributed by atoms with Gasteiger partial charge in [0.2, 0.25) is 0 Å². The molecule has 1 aromatic carbocycles. The number of aryl methyl sites for hydroxylation is 1. The molecule has 2 aliphatic carbocycles. The number of rotatable bonds is 4. The lowest BCUT2D eigenvalue weighted by Crippen LogP contribution is -2.38. The highest BCUT2D eigenvalue weighted by Crippen LogP contribution is 2.69. The van der Waals surface area contributed by atoms with Crippen molar-refractivity contribution in [2.24, 2.45) is 5.41 Å². The van der Waals surface area contributed by atoms with Crippen molar-refractivity contribution in [3.63, 3.8) is 0 Å². The van der Waals surface area contributed by atoms with Crippen LogP contribution in [-0.2, 0) is 11.8 Å². The normalized spacial score (nSPS) is 22.2. The van der Waals surface area contributed by atoms with Crippen LogP contribution in [0, 0.1) is 17.0 Å². The maximum absolute atomic E-state index is 14.5. The van der Waals surface area contributed by atoms with Gasteiger partial charge in [-0.1, -0.05) is 26.8 Å². The van der Waals surface area contributed by atoms with E-state index in [0.29, 0.717) is 5.82 Å². The number of halogens is 2. The van der Waals surface area contributed by atoms with Gasteiger partial charge in [0.25, 0.3) is 0 Å². The molecule has 0 radical (unpaired) electrons. The Balaban J connectivity index is 1.51. The summed E-state index contributed by atoms with van der Waals surface area (Å²) in [6.45, 7) is 6.51. The van der Waals surface area contributed by atoms with Crippen molar-refractivity contribution in [2.45, 2.75) is 51.4 Å². The van der Waals surface area contributed by atoms with Crippen LogP contribution in [0.4, 0.5) is 8.78 Å². The van der Waals surface area contributed by atoms with E-state index in [4.69, 9.17) is 4.98 Å². The Morgan fingerprint density at radius 3 is 2.62 bits per heavy atom. The lowest BCUT2D eigenvalue weighted by Gasteiger charge is -2.37. The van der Waals surface area contributed by atoms with Gasteiger partial charge in [0.05, 0.1) is 40.5 Å². The summed E-state index contributed by atoms with van der Waals surface area (Å²) in [4.78, 5) is 9.50. The van der Waals surface area contributed by atoms with Crippen LogP contribution >= 0.6 is 0 Å². The molecule has 0 saturated heterocycles. The van der Waals surface area contributed by atoms with Crippen molar-refractivity contribution in [1.82, 2.24) is 29.9 Å². The predicted octanol–water partition coefficient (Wildman–Crippen LogP) is 5.16. The quantitative estimate of drug-likeness (QED) is 0.422. The highest BCUT2D eigenvalue weighted by molar-refractivity contribution is 5.64. The zero-order valence-electron chi connectivity index (χ0n) is 19.3. The third-order valence-corrected chi connectivity index (χ3v) is 7.94. The van der Waals surface area contributed by atoms with E-state index >= 15 is 0 Å². The number of hydrogen-bond donors (Lipinski definition) is 0. The largest absolute Gasteiger partial charge is 0.259 e. The van der Waals surface area contributed by atoms with Crippen LogP contribution in [0.1, 0.15) is 62.0 Å². The Morgan fingerprint density at radius 1 is 1.09 bits per heavy atom. The molecule has 8 heteroatoms. The Kier molecular flexibility index (Phi) is 4.46. The van der Waals surface area contributed by atoms with Gasteiger partial charge in [-0.3, -0.25) is 4.98 Å². The second-order valence-corrected chi connectivity index (χ2v) is 9.76. The zero-order valence-corrected chi connectivity index (χ0v) is 19.3. The Morgan fingerprint density at radius 2 is 1.88 bits per heavy atom. The van der Waals surface area contributed by atoms with Gasteiger partial charge in [0.1, 0.15) is 11.6 Å². The molecule has 0 unspecified atom stereocenters. The lowest BCUT2D eigenvalue weighted by atomic mass is 9.66. The summed E-state index contributed by atoms with van der Waals surface area (Å²) < 4.78 is 30.7. The molecular formula is C26H24F2N6. The smallest absolute Gasteiger partial charge is 0.172 e. The minimum Gasteiger partial charge on any atom is -0.259 e. The topological polar surface area (TPSA) is 69.4 Å². The zero-order chi connectivity index (χ0) is 23.7. The molecule has 0 aliphatic heterocycles. The van der Waals surface area contributed by atoms with Crippen molar-refractivity contribution < 1.29 is 8.78 Å². The second kappa shape index (κ2) is 7.22. The maximum atomic E-state index is 14.5. The van der Waals surface area contributed by atoms with Gasteiger partial charge < -0.3 is 0 Å². The molecule has 2 atom stereocenters. The van der Waals surface area contributed by atoms with Crippen molar-refractivity contribution in [3.8, 4) is 17.1 Å². The van der Waals surface area contributed by atoms with E-state index in [9.17, 15) is 8.78 Å². The van der Waals surface area contributed by atoms with E-state index in [2.05, 4.69) is 41.1 Å². The fourth-order valence-electron chi connectivity index (χ4n) is 6.10. The van der Waals surface area contributed by atoms with Crippen LogP contribution in [-0.4, -0.2) is 29.9 Å². The monoisotopic (exact) mass is 458 g/mol. The second-order valence-electron chi connectivity index (χ2n) is 9.76. The van der Waals surface area contributed by atoms with Gasteiger partial charge in [0.15, 0.2) is 5.82 Å². The standard InChI is InChI=1S/C26H24F2N6/c1-4-15-11-30-34(14-15)22-13-29-12-21(31-22)26-9-8-17(25(26,2)3)16-10-20(32-33-24(16)26)23-18(27)6-5-7-19(23)28/h5-7,10-14,17H,4,8-9H2,1-3H3/t17-,26-/m0/s1. The van der Waals surface area contributed by atoms with Gasteiger partial charge >= 0.3 is 0 Å². The molecule has 4 aromatic rings. The van der Waals surface area contributed by atoms with Crippen LogP contribution in [0.2, 0.25) is 0 Å². The summed E-state index contributed by atoms with van der Waals surface area (Å²) >= 11 is 0. The summed E-state index contributed by atoms with van der Waals surface area (Å²) in [5.74, 6) is -0.461. The first-order valence-corrected chi connectivity index (χ1v) is 11.6. The van der Waals surface area contributed by atoms with Gasteiger partial charge in [-0.2, -0.15) is 10.2 Å². The summed E-state index contributed by atoms with van der Waals surface area (Å²) in [5, 5.41) is 13.3. The fourth-order valence-corrected chi connectivity index (χ4v) is 6.10. The number of aromatic nitrogens is 6. The van der Waals surface area contributed by atoms with Crippen LogP contribution in [0.25, 0.3) is 17.1 Å². The van der Waals surface area contributed by atoms with E-state index in [1.165, 1.54) is 18.2 Å². The molecule has 1 saturated carbocycles. The molecule has 3 heterocycles. The van der Waals surface area contributed by atoms with Gasteiger partial charge in [-0.05, 0) is 59.9 Å². The highest BCUT2D eigenvalue weighted by atomic mass is 19.1. The average molecular weight is 459 g/mol. The van der Waals surface area contributed by atoms with Crippen molar-refractivity contribution in [1.29, 1.82) is 0 Å². The third kappa shape index (κ3) is 2.68.